The number of methoxy groups -OCH3 is 1. The van der Waals surface area contributed by atoms with E-state index in [1.165, 1.54) is 0 Å². The quantitative estimate of drug-likeness (QED) is 0.698. The van der Waals surface area contributed by atoms with E-state index in [9.17, 15) is 0 Å². The Labute approximate surface area is 121 Å². The first-order valence-electron chi connectivity index (χ1n) is 5.32. The standard InChI is InChI=1S/C14H11Cl3O/c1-8-5-10(18-2)3-4-11(8)14-12(16)6-9(15)7-13(14)17/h3-7H,1-2H3. The maximum absolute atomic E-state index is 6.21. The summed E-state index contributed by atoms with van der Waals surface area (Å²) in [5.74, 6) is 0.803. The molecule has 0 atom stereocenters. The summed E-state index contributed by atoms with van der Waals surface area (Å²) in [5.41, 5.74) is 2.81. The lowest BCUT2D eigenvalue weighted by molar-refractivity contribution is 0.414. The Morgan fingerprint density at radius 1 is 0.944 bits per heavy atom. The van der Waals surface area contributed by atoms with Gasteiger partial charge in [0.2, 0.25) is 0 Å². The summed E-state index contributed by atoms with van der Waals surface area (Å²) < 4.78 is 5.18. The molecule has 0 saturated heterocycles. The first-order chi connectivity index (χ1) is 8.52. The third-order valence-corrected chi connectivity index (χ3v) is 3.52. The fourth-order valence-corrected chi connectivity index (χ4v) is 2.86. The summed E-state index contributed by atoms with van der Waals surface area (Å²) in [6, 6.07) is 9.14. The maximum atomic E-state index is 6.21. The van der Waals surface area contributed by atoms with Gasteiger partial charge in [-0.3, -0.25) is 0 Å². The van der Waals surface area contributed by atoms with Crippen molar-refractivity contribution in [3.05, 3.63) is 51.0 Å². The van der Waals surface area contributed by atoms with Crippen LogP contribution in [0.2, 0.25) is 15.1 Å². The molecule has 0 aliphatic heterocycles. The van der Waals surface area contributed by atoms with E-state index >= 15 is 0 Å². The molecule has 0 heterocycles. The zero-order valence-electron chi connectivity index (χ0n) is 9.93. The molecule has 0 aliphatic carbocycles. The van der Waals surface area contributed by atoms with Crippen molar-refractivity contribution in [1.82, 2.24) is 0 Å². The van der Waals surface area contributed by atoms with E-state index < -0.39 is 0 Å². The van der Waals surface area contributed by atoms with E-state index in [0.29, 0.717) is 15.1 Å². The van der Waals surface area contributed by atoms with Gasteiger partial charge in [-0.25, -0.2) is 0 Å². The molecular weight excluding hydrogens is 291 g/mol. The fourth-order valence-electron chi connectivity index (χ4n) is 1.84. The third kappa shape index (κ3) is 2.59. The molecule has 1 nitrogen and oxygen atoms in total. The van der Waals surface area contributed by atoms with Crippen molar-refractivity contribution < 1.29 is 4.74 Å². The van der Waals surface area contributed by atoms with Crippen LogP contribution in [0, 0.1) is 6.92 Å². The van der Waals surface area contributed by atoms with Gasteiger partial charge in [0.1, 0.15) is 5.75 Å². The minimum Gasteiger partial charge on any atom is -0.497 e. The minimum atomic E-state index is 0.528. The third-order valence-electron chi connectivity index (χ3n) is 2.71. The Balaban J connectivity index is 2.62. The molecule has 2 rings (SSSR count). The second kappa shape index (κ2) is 5.40. The smallest absolute Gasteiger partial charge is 0.119 e. The zero-order valence-corrected chi connectivity index (χ0v) is 12.2. The summed E-state index contributed by atoms with van der Waals surface area (Å²) in [6.07, 6.45) is 0. The van der Waals surface area contributed by atoms with Gasteiger partial charge in [-0.1, -0.05) is 40.9 Å². The second-order valence-electron chi connectivity index (χ2n) is 3.93. The molecule has 0 N–H and O–H groups in total. The molecule has 18 heavy (non-hydrogen) atoms. The highest BCUT2D eigenvalue weighted by Crippen LogP contribution is 2.39. The van der Waals surface area contributed by atoms with Crippen molar-refractivity contribution in [2.24, 2.45) is 0 Å². The molecule has 4 heteroatoms. The minimum absolute atomic E-state index is 0.528. The number of benzene rings is 2. The number of rotatable bonds is 2. The Morgan fingerprint density at radius 2 is 1.56 bits per heavy atom. The highest BCUT2D eigenvalue weighted by atomic mass is 35.5. The zero-order chi connectivity index (χ0) is 13.3. The highest BCUT2D eigenvalue weighted by molar-refractivity contribution is 6.41. The number of hydrogen-bond donors (Lipinski definition) is 0. The van der Waals surface area contributed by atoms with Crippen molar-refractivity contribution in [3.8, 4) is 16.9 Å². The Kier molecular flexibility index (Phi) is 4.06. The van der Waals surface area contributed by atoms with E-state index in [0.717, 1.165) is 22.4 Å². The SMILES string of the molecule is COc1ccc(-c2c(Cl)cc(Cl)cc2Cl)c(C)c1. The van der Waals surface area contributed by atoms with Crippen LogP contribution in [-0.4, -0.2) is 7.11 Å². The molecule has 0 bridgehead atoms. The van der Waals surface area contributed by atoms with Gasteiger partial charge in [-0.2, -0.15) is 0 Å². The first-order valence-corrected chi connectivity index (χ1v) is 6.46. The summed E-state index contributed by atoms with van der Waals surface area (Å²) in [6.45, 7) is 1.99. The summed E-state index contributed by atoms with van der Waals surface area (Å²) in [4.78, 5) is 0. The van der Waals surface area contributed by atoms with Crippen molar-refractivity contribution in [1.29, 1.82) is 0 Å². The van der Waals surface area contributed by atoms with E-state index in [2.05, 4.69) is 0 Å². The molecule has 0 unspecified atom stereocenters. The number of halogens is 3. The molecule has 2 aromatic rings. The Hall–Kier alpha value is -0.890. The molecular formula is C14H11Cl3O. The second-order valence-corrected chi connectivity index (χ2v) is 5.18. The van der Waals surface area contributed by atoms with Crippen LogP contribution >= 0.6 is 34.8 Å². The Bertz CT molecular complexity index is 571. The average Bonchev–Trinajstić information content (AvgIpc) is 2.29. The summed E-state index contributed by atoms with van der Waals surface area (Å²) >= 11 is 18.3. The lowest BCUT2D eigenvalue weighted by atomic mass is 10.0. The maximum Gasteiger partial charge on any atom is 0.119 e. The van der Waals surface area contributed by atoms with Crippen LogP contribution in [0.5, 0.6) is 5.75 Å². The van der Waals surface area contributed by atoms with Gasteiger partial charge >= 0.3 is 0 Å². The van der Waals surface area contributed by atoms with Crippen LogP contribution in [0.25, 0.3) is 11.1 Å². The molecule has 94 valence electrons. The van der Waals surface area contributed by atoms with Gasteiger partial charge in [0, 0.05) is 10.6 Å². The van der Waals surface area contributed by atoms with Crippen molar-refractivity contribution in [3.63, 3.8) is 0 Å². The average molecular weight is 302 g/mol. The predicted octanol–water partition coefficient (Wildman–Crippen LogP) is 5.63. The van der Waals surface area contributed by atoms with Crippen molar-refractivity contribution >= 4 is 34.8 Å². The predicted molar refractivity (Wildman–Crippen MR) is 78.2 cm³/mol. The van der Waals surface area contributed by atoms with E-state index in [1.807, 2.05) is 25.1 Å². The molecule has 0 fully saturated rings. The van der Waals surface area contributed by atoms with Crippen molar-refractivity contribution in [2.45, 2.75) is 6.92 Å². The van der Waals surface area contributed by atoms with Gasteiger partial charge in [0.05, 0.1) is 17.2 Å². The lowest BCUT2D eigenvalue weighted by Gasteiger charge is -2.12. The van der Waals surface area contributed by atoms with Crippen LogP contribution in [-0.2, 0) is 0 Å². The van der Waals surface area contributed by atoms with Gasteiger partial charge in [0.25, 0.3) is 0 Å². The molecule has 2 aromatic carbocycles. The summed E-state index contributed by atoms with van der Waals surface area (Å²) in [5, 5.41) is 1.61. The van der Waals surface area contributed by atoms with Crippen LogP contribution < -0.4 is 4.74 Å². The van der Waals surface area contributed by atoms with Gasteiger partial charge in [0.15, 0.2) is 0 Å². The first kappa shape index (κ1) is 13.5. The van der Waals surface area contributed by atoms with E-state index in [1.54, 1.807) is 19.2 Å². The van der Waals surface area contributed by atoms with Crippen LogP contribution in [0.15, 0.2) is 30.3 Å². The van der Waals surface area contributed by atoms with Crippen LogP contribution in [0.4, 0.5) is 0 Å². The molecule has 0 saturated carbocycles. The van der Waals surface area contributed by atoms with Gasteiger partial charge in [-0.15, -0.1) is 0 Å². The fraction of sp³-hybridized carbons (Fsp3) is 0.143. The van der Waals surface area contributed by atoms with E-state index in [-0.39, 0.29) is 0 Å². The van der Waals surface area contributed by atoms with Crippen LogP contribution in [0.3, 0.4) is 0 Å². The number of aryl methyl sites for hydroxylation is 1. The van der Waals surface area contributed by atoms with Crippen molar-refractivity contribution in [2.75, 3.05) is 7.11 Å². The Morgan fingerprint density at radius 3 is 2.06 bits per heavy atom. The molecule has 0 spiro atoms. The largest absolute Gasteiger partial charge is 0.497 e. The number of hydrogen-bond acceptors (Lipinski definition) is 1. The van der Waals surface area contributed by atoms with Crippen LogP contribution in [0.1, 0.15) is 5.56 Å². The molecule has 0 aliphatic rings. The lowest BCUT2D eigenvalue weighted by Crippen LogP contribution is -1.89. The normalized spacial score (nSPS) is 10.5. The topological polar surface area (TPSA) is 9.23 Å². The molecule has 0 aromatic heterocycles. The monoisotopic (exact) mass is 300 g/mol. The number of ether oxygens (including phenoxy) is 1. The molecule has 0 radical (unpaired) electrons. The van der Waals surface area contributed by atoms with Gasteiger partial charge < -0.3 is 4.74 Å². The molecule has 0 amide bonds. The highest BCUT2D eigenvalue weighted by Gasteiger charge is 2.12. The summed E-state index contributed by atoms with van der Waals surface area (Å²) in [7, 11) is 1.64. The van der Waals surface area contributed by atoms with Gasteiger partial charge in [-0.05, 0) is 42.3 Å². The van der Waals surface area contributed by atoms with E-state index in [4.69, 9.17) is 39.5 Å².